The molecule has 0 fully saturated rings. The van der Waals surface area contributed by atoms with Crippen LogP contribution in [0, 0.1) is 6.92 Å². The molecule has 1 aliphatic heterocycles. The largest absolute Gasteiger partial charge is 0.396 e. The zero-order valence-corrected chi connectivity index (χ0v) is 14.0. The van der Waals surface area contributed by atoms with Crippen LogP contribution in [-0.2, 0) is 13.0 Å². The van der Waals surface area contributed by atoms with Crippen molar-refractivity contribution < 1.29 is 5.11 Å². The van der Waals surface area contributed by atoms with Crippen molar-refractivity contribution in [2.75, 3.05) is 29.9 Å². The number of aromatic nitrogens is 2. The highest BCUT2D eigenvalue weighted by Gasteiger charge is 2.18. The maximum absolute atomic E-state index is 8.87. The molecule has 0 unspecified atom stereocenters. The van der Waals surface area contributed by atoms with Crippen molar-refractivity contribution in [2.45, 2.75) is 26.3 Å². The van der Waals surface area contributed by atoms with Gasteiger partial charge in [0.2, 0.25) is 5.95 Å². The van der Waals surface area contributed by atoms with Gasteiger partial charge in [-0.05, 0) is 43.0 Å². The summed E-state index contributed by atoms with van der Waals surface area (Å²) in [6, 6.07) is 8.11. The number of hydrogen-bond donors (Lipinski definition) is 2. The van der Waals surface area contributed by atoms with E-state index in [4.69, 9.17) is 16.7 Å². The van der Waals surface area contributed by atoms with Crippen molar-refractivity contribution in [3.8, 4) is 0 Å². The van der Waals surface area contributed by atoms with Crippen LogP contribution in [0.4, 0.5) is 11.8 Å². The summed E-state index contributed by atoms with van der Waals surface area (Å²) in [7, 11) is 0. The number of aryl methyl sites for hydroxylation is 1. The minimum absolute atomic E-state index is 0.164. The van der Waals surface area contributed by atoms with Crippen molar-refractivity contribution in [3.05, 3.63) is 46.1 Å². The van der Waals surface area contributed by atoms with Crippen LogP contribution in [0.3, 0.4) is 0 Å². The second kappa shape index (κ2) is 7.15. The van der Waals surface area contributed by atoms with Crippen molar-refractivity contribution in [1.82, 2.24) is 9.97 Å². The monoisotopic (exact) mass is 332 g/mol. The molecule has 0 aliphatic carbocycles. The van der Waals surface area contributed by atoms with Gasteiger partial charge in [0.25, 0.3) is 0 Å². The fraction of sp³-hybridized carbons (Fsp3) is 0.412. The molecule has 0 saturated heterocycles. The SMILES string of the molecule is Cc1cc(N2CCc3cc(Cl)ccc3C2)nc(NCCCO)n1. The Kier molecular flexibility index (Phi) is 4.98. The molecule has 1 aromatic heterocycles. The third kappa shape index (κ3) is 3.92. The minimum Gasteiger partial charge on any atom is -0.396 e. The second-order valence-electron chi connectivity index (χ2n) is 5.78. The molecular formula is C17H21ClN4O. The van der Waals surface area contributed by atoms with Crippen molar-refractivity contribution in [2.24, 2.45) is 0 Å². The van der Waals surface area contributed by atoms with Crippen molar-refractivity contribution in [1.29, 1.82) is 0 Å². The summed E-state index contributed by atoms with van der Waals surface area (Å²) in [5, 5.41) is 12.8. The van der Waals surface area contributed by atoms with E-state index >= 15 is 0 Å². The molecule has 1 aliphatic rings. The quantitative estimate of drug-likeness (QED) is 0.824. The number of nitrogens with zero attached hydrogens (tertiary/aromatic N) is 3. The Morgan fingerprint density at radius 1 is 1.26 bits per heavy atom. The standard InChI is InChI=1S/C17H21ClN4O/c1-12-9-16(21-17(20-12)19-6-2-8-23)22-7-5-13-10-15(18)4-3-14(13)11-22/h3-4,9-10,23H,2,5-8,11H2,1H3,(H,19,20,21). The van der Waals surface area contributed by atoms with E-state index in [2.05, 4.69) is 32.3 Å². The lowest BCUT2D eigenvalue weighted by molar-refractivity contribution is 0.292. The van der Waals surface area contributed by atoms with Crippen LogP contribution in [0.15, 0.2) is 24.3 Å². The van der Waals surface area contributed by atoms with Crippen LogP contribution in [0.2, 0.25) is 5.02 Å². The van der Waals surface area contributed by atoms with E-state index < -0.39 is 0 Å². The number of aliphatic hydroxyl groups is 1. The van der Waals surface area contributed by atoms with Gasteiger partial charge in [0.1, 0.15) is 5.82 Å². The van der Waals surface area contributed by atoms with Gasteiger partial charge in [-0.3, -0.25) is 0 Å². The first kappa shape index (κ1) is 16.0. The van der Waals surface area contributed by atoms with Gasteiger partial charge in [-0.25, -0.2) is 4.98 Å². The molecule has 3 rings (SSSR count). The normalized spacial score (nSPS) is 13.8. The molecule has 0 saturated carbocycles. The first-order valence-corrected chi connectivity index (χ1v) is 8.26. The molecule has 0 bridgehead atoms. The molecule has 0 amide bonds. The van der Waals surface area contributed by atoms with E-state index in [1.54, 1.807) is 0 Å². The van der Waals surface area contributed by atoms with E-state index in [9.17, 15) is 0 Å². The molecule has 0 spiro atoms. The predicted molar refractivity (Wildman–Crippen MR) is 93.2 cm³/mol. The Labute approximate surface area is 141 Å². The molecule has 0 atom stereocenters. The molecule has 1 aromatic carbocycles. The fourth-order valence-corrected chi connectivity index (χ4v) is 2.98. The first-order valence-electron chi connectivity index (χ1n) is 7.88. The van der Waals surface area contributed by atoms with Crippen molar-refractivity contribution in [3.63, 3.8) is 0 Å². The predicted octanol–water partition coefficient (Wildman–Crippen LogP) is 2.80. The smallest absolute Gasteiger partial charge is 0.224 e. The number of nitrogens with one attached hydrogen (secondary N) is 1. The summed E-state index contributed by atoms with van der Waals surface area (Å²) in [5.41, 5.74) is 3.55. The van der Waals surface area contributed by atoms with E-state index in [1.165, 1.54) is 11.1 Å². The van der Waals surface area contributed by atoms with Gasteiger partial charge in [-0.2, -0.15) is 4.98 Å². The van der Waals surface area contributed by atoms with Gasteiger partial charge < -0.3 is 15.3 Å². The number of rotatable bonds is 5. The summed E-state index contributed by atoms with van der Waals surface area (Å²) in [6.07, 6.45) is 1.65. The average Bonchev–Trinajstić information content (AvgIpc) is 2.54. The molecule has 0 radical (unpaired) electrons. The molecule has 2 heterocycles. The highest BCUT2D eigenvalue weighted by molar-refractivity contribution is 6.30. The fourth-order valence-electron chi connectivity index (χ4n) is 2.79. The maximum atomic E-state index is 8.87. The third-order valence-corrected chi connectivity index (χ3v) is 4.20. The second-order valence-corrected chi connectivity index (χ2v) is 6.22. The lowest BCUT2D eigenvalue weighted by Crippen LogP contribution is -2.31. The number of benzene rings is 1. The Morgan fingerprint density at radius 2 is 2.13 bits per heavy atom. The third-order valence-electron chi connectivity index (χ3n) is 3.96. The van der Waals surface area contributed by atoms with Crippen LogP contribution in [0.1, 0.15) is 23.2 Å². The summed E-state index contributed by atoms with van der Waals surface area (Å²) in [6.45, 7) is 4.55. The number of hydrogen-bond acceptors (Lipinski definition) is 5. The van der Waals surface area contributed by atoms with E-state index in [1.807, 2.05) is 19.1 Å². The summed E-state index contributed by atoms with van der Waals surface area (Å²) >= 11 is 6.07. The number of anilines is 2. The molecule has 122 valence electrons. The molecule has 2 aromatic rings. The van der Waals surface area contributed by atoms with Crippen molar-refractivity contribution >= 4 is 23.4 Å². The van der Waals surface area contributed by atoms with Gasteiger partial charge in [0.05, 0.1) is 0 Å². The topological polar surface area (TPSA) is 61.3 Å². The van der Waals surface area contributed by atoms with Crippen LogP contribution in [-0.4, -0.2) is 34.8 Å². The Hall–Kier alpha value is -1.85. The van der Waals surface area contributed by atoms with E-state index in [-0.39, 0.29) is 6.61 Å². The summed E-state index contributed by atoms with van der Waals surface area (Å²) in [5.74, 6) is 1.56. The summed E-state index contributed by atoms with van der Waals surface area (Å²) < 4.78 is 0. The van der Waals surface area contributed by atoms with Crippen LogP contribution in [0.25, 0.3) is 0 Å². The van der Waals surface area contributed by atoms with Gasteiger partial charge in [0, 0.05) is 43.0 Å². The van der Waals surface area contributed by atoms with Crippen LogP contribution >= 0.6 is 11.6 Å². The number of halogens is 1. The zero-order valence-electron chi connectivity index (χ0n) is 13.2. The Morgan fingerprint density at radius 3 is 2.96 bits per heavy atom. The molecule has 6 heteroatoms. The number of aliphatic hydroxyl groups excluding tert-OH is 1. The Bertz CT molecular complexity index is 692. The van der Waals surface area contributed by atoms with Gasteiger partial charge in [-0.1, -0.05) is 17.7 Å². The van der Waals surface area contributed by atoms with Gasteiger partial charge >= 0.3 is 0 Å². The lowest BCUT2D eigenvalue weighted by atomic mass is 10.00. The molecule has 23 heavy (non-hydrogen) atoms. The van der Waals surface area contributed by atoms with Gasteiger partial charge in [-0.15, -0.1) is 0 Å². The highest BCUT2D eigenvalue weighted by atomic mass is 35.5. The minimum atomic E-state index is 0.164. The van der Waals surface area contributed by atoms with E-state index in [0.717, 1.165) is 36.0 Å². The first-order chi connectivity index (χ1) is 11.2. The molecular weight excluding hydrogens is 312 g/mol. The highest BCUT2D eigenvalue weighted by Crippen LogP contribution is 2.26. The summed E-state index contributed by atoms with van der Waals surface area (Å²) in [4.78, 5) is 11.3. The van der Waals surface area contributed by atoms with Crippen LogP contribution < -0.4 is 10.2 Å². The average molecular weight is 333 g/mol. The molecule has 2 N–H and O–H groups in total. The number of fused-ring (bicyclic) bond motifs is 1. The lowest BCUT2D eigenvalue weighted by Gasteiger charge is -2.30. The van der Waals surface area contributed by atoms with E-state index in [0.29, 0.717) is 18.9 Å². The van der Waals surface area contributed by atoms with Crippen LogP contribution in [0.5, 0.6) is 0 Å². The maximum Gasteiger partial charge on any atom is 0.224 e. The Balaban J connectivity index is 1.78. The van der Waals surface area contributed by atoms with Gasteiger partial charge in [0.15, 0.2) is 0 Å². The zero-order chi connectivity index (χ0) is 16.2. The molecule has 5 nitrogen and oxygen atoms in total.